The maximum absolute atomic E-state index is 11.8. The molecular formula is C13H18N2O4. The molecule has 1 rings (SSSR count). The lowest BCUT2D eigenvalue weighted by Crippen LogP contribution is -2.41. The molecule has 0 fully saturated rings. The molecule has 0 radical (unpaired) electrons. The lowest BCUT2D eigenvalue weighted by molar-refractivity contribution is -0.141. The smallest absolute Gasteiger partial charge is 0.326 e. The number of carbonyl (C=O) groups excluding carboxylic acids is 1. The first-order valence-electron chi connectivity index (χ1n) is 6.00. The molecule has 0 aliphatic carbocycles. The van der Waals surface area contributed by atoms with E-state index in [-0.39, 0.29) is 12.3 Å². The Morgan fingerprint density at radius 2 is 2.21 bits per heavy atom. The minimum Gasteiger partial charge on any atom is -0.480 e. The van der Waals surface area contributed by atoms with Crippen LogP contribution in [0.2, 0.25) is 0 Å². The summed E-state index contributed by atoms with van der Waals surface area (Å²) in [7, 11) is 0. The lowest BCUT2D eigenvalue weighted by atomic mass is 10.1. The van der Waals surface area contributed by atoms with Crippen LogP contribution in [0.4, 0.5) is 0 Å². The summed E-state index contributed by atoms with van der Waals surface area (Å²) in [5, 5.41) is 15.2. The van der Waals surface area contributed by atoms with Crippen molar-refractivity contribution < 1.29 is 19.2 Å². The van der Waals surface area contributed by atoms with Crippen molar-refractivity contribution in [2.24, 2.45) is 0 Å². The molecule has 1 aromatic rings. The van der Waals surface area contributed by atoms with E-state index in [4.69, 9.17) is 9.63 Å². The second-order valence-corrected chi connectivity index (χ2v) is 4.30. The van der Waals surface area contributed by atoms with Crippen LogP contribution in [0, 0.1) is 13.8 Å². The fourth-order valence-corrected chi connectivity index (χ4v) is 1.70. The van der Waals surface area contributed by atoms with E-state index >= 15 is 0 Å². The van der Waals surface area contributed by atoms with Gasteiger partial charge >= 0.3 is 5.97 Å². The van der Waals surface area contributed by atoms with Gasteiger partial charge < -0.3 is 14.9 Å². The van der Waals surface area contributed by atoms with Crippen LogP contribution >= 0.6 is 0 Å². The molecule has 0 aliphatic heterocycles. The zero-order chi connectivity index (χ0) is 14.4. The van der Waals surface area contributed by atoms with Gasteiger partial charge in [-0.15, -0.1) is 6.58 Å². The second-order valence-electron chi connectivity index (χ2n) is 4.30. The summed E-state index contributed by atoms with van der Waals surface area (Å²) in [5.41, 5.74) is 1.34. The predicted molar refractivity (Wildman–Crippen MR) is 68.7 cm³/mol. The van der Waals surface area contributed by atoms with Crippen molar-refractivity contribution in [1.29, 1.82) is 0 Å². The molecule has 6 heteroatoms. The average Bonchev–Trinajstić information content (AvgIpc) is 2.66. The Labute approximate surface area is 111 Å². The Hall–Kier alpha value is -2.11. The van der Waals surface area contributed by atoms with Gasteiger partial charge in [0, 0.05) is 5.56 Å². The van der Waals surface area contributed by atoms with Crippen molar-refractivity contribution in [3.8, 4) is 0 Å². The minimum absolute atomic E-state index is 0.0685. The van der Waals surface area contributed by atoms with Crippen molar-refractivity contribution in [3.05, 3.63) is 29.7 Å². The lowest BCUT2D eigenvalue weighted by Gasteiger charge is -2.13. The monoisotopic (exact) mass is 266 g/mol. The Kier molecular flexibility index (Phi) is 5.29. The predicted octanol–water partition coefficient (Wildman–Crippen LogP) is 1.37. The SMILES string of the molecule is C=CCCC(NC(=O)Cc1c(C)noc1C)C(=O)O. The minimum atomic E-state index is -1.05. The van der Waals surface area contributed by atoms with Crippen LogP contribution in [0.15, 0.2) is 17.2 Å². The number of aromatic nitrogens is 1. The molecule has 0 spiro atoms. The van der Waals surface area contributed by atoms with E-state index in [1.165, 1.54) is 0 Å². The highest BCUT2D eigenvalue weighted by Gasteiger charge is 2.20. The fraction of sp³-hybridized carbons (Fsp3) is 0.462. The summed E-state index contributed by atoms with van der Waals surface area (Å²) in [6.45, 7) is 6.99. The second kappa shape index (κ2) is 6.72. The van der Waals surface area contributed by atoms with E-state index < -0.39 is 12.0 Å². The van der Waals surface area contributed by atoms with E-state index in [2.05, 4.69) is 17.1 Å². The summed E-state index contributed by atoms with van der Waals surface area (Å²) in [4.78, 5) is 22.8. The molecule has 0 aliphatic rings. The number of hydrogen-bond donors (Lipinski definition) is 2. The average molecular weight is 266 g/mol. The van der Waals surface area contributed by atoms with Gasteiger partial charge in [0.15, 0.2) is 0 Å². The molecule has 1 amide bonds. The van der Waals surface area contributed by atoms with Crippen LogP contribution < -0.4 is 5.32 Å². The molecule has 1 unspecified atom stereocenters. The van der Waals surface area contributed by atoms with Crippen molar-refractivity contribution in [3.63, 3.8) is 0 Å². The third-order valence-corrected chi connectivity index (χ3v) is 2.81. The van der Waals surface area contributed by atoms with Crippen LogP contribution in [0.25, 0.3) is 0 Å². The maximum Gasteiger partial charge on any atom is 0.326 e. The number of rotatable bonds is 7. The largest absolute Gasteiger partial charge is 0.480 e. The van der Waals surface area contributed by atoms with Crippen molar-refractivity contribution in [2.45, 2.75) is 39.2 Å². The molecule has 2 N–H and O–H groups in total. The number of amides is 1. The number of allylic oxidation sites excluding steroid dienone is 1. The van der Waals surface area contributed by atoms with Gasteiger partial charge in [0.25, 0.3) is 0 Å². The Bertz CT molecular complexity index is 459. The van der Waals surface area contributed by atoms with Gasteiger partial charge in [0.05, 0.1) is 12.1 Å². The summed E-state index contributed by atoms with van der Waals surface area (Å²) >= 11 is 0. The maximum atomic E-state index is 11.8. The van der Waals surface area contributed by atoms with Crippen molar-refractivity contribution in [1.82, 2.24) is 10.5 Å². The first-order chi connectivity index (χ1) is 8.95. The van der Waals surface area contributed by atoms with Crippen molar-refractivity contribution in [2.75, 3.05) is 0 Å². The third-order valence-electron chi connectivity index (χ3n) is 2.81. The number of carboxylic acids is 1. The van der Waals surface area contributed by atoms with E-state index in [0.29, 0.717) is 29.9 Å². The quantitative estimate of drug-likeness (QED) is 0.727. The highest BCUT2D eigenvalue weighted by molar-refractivity contribution is 5.85. The summed E-state index contributed by atoms with van der Waals surface area (Å²) < 4.78 is 4.95. The zero-order valence-electron chi connectivity index (χ0n) is 11.1. The molecule has 0 saturated carbocycles. The number of carboxylic acid groups (broad SMARTS) is 1. The Morgan fingerprint density at radius 1 is 1.53 bits per heavy atom. The molecule has 0 bridgehead atoms. The third kappa shape index (κ3) is 4.24. The zero-order valence-corrected chi connectivity index (χ0v) is 11.1. The van der Waals surface area contributed by atoms with Gasteiger partial charge in [-0.05, 0) is 26.7 Å². The number of nitrogens with zero attached hydrogens (tertiary/aromatic N) is 1. The summed E-state index contributed by atoms with van der Waals surface area (Å²) in [6.07, 6.45) is 2.55. The van der Waals surface area contributed by atoms with E-state index in [1.54, 1.807) is 19.9 Å². The van der Waals surface area contributed by atoms with Gasteiger partial charge in [-0.25, -0.2) is 4.79 Å². The van der Waals surface area contributed by atoms with Crippen molar-refractivity contribution >= 4 is 11.9 Å². The molecule has 1 aromatic heterocycles. The molecule has 1 heterocycles. The molecule has 19 heavy (non-hydrogen) atoms. The van der Waals surface area contributed by atoms with E-state index in [0.717, 1.165) is 0 Å². The number of carbonyl (C=O) groups is 2. The molecular weight excluding hydrogens is 248 g/mol. The van der Waals surface area contributed by atoms with Crippen LogP contribution in [0.3, 0.4) is 0 Å². The molecule has 0 aromatic carbocycles. The first-order valence-corrected chi connectivity index (χ1v) is 6.00. The highest BCUT2D eigenvalue weighted by Crippen LogP contribution is 2.13. The van der Waals surface area contributed by atoms with Crippen LogP contribution in [0.1, 0.15) is 29.9 Å². The Morgan fingerprint density at radius 3 is 2.68 bits per heavy atom. The Balaban J connectivity index is 2.62. The summed E-state index contributed by atoms with van der Waals surface area (Å²) in [6, 6.07) is -0.897. The van der Waals surface area contributed by atoms with Gasteiger partial charge in [-0.3, -0.25) is 4.79 Å². The van der Waals surface area contributed by atoms with Gasteiger partial charge in [-0.2, -0.15) is 0 Å². The van der Waals surface area contributed by atoms with Gasteiger partial charge in [0.1, 0.15) is 11.8 Å². The van der Waals surface area contributed by atoms with Crippen LogP contribution in [-0.4, -0.2) is 28.2 Å². The van der Waals surface area contributed by atoms with Gasteiger partial charge in [0.2, 0.25) is 5.91 Å². The number of hydrogen-bond acceptors (Lipinski definition) is 4. The van der Waals surface area contributed by atoms with Crippen LogP contribution in [0.5, 0.6) is 0 Å². The topological polar surface area (TPSA) is 92.4 Å². The van der Waals surface area contributed by atoms with Crippen LogP contribution in [-0.2, 0) is 16.0 Å². The highest BCUT2D eigenvalue weighted by atomic mass is 16.5. The molecule has 104 valence electrons. The summed E-state index contributed by atoms with van der Waals surface area (Å²) in [5.74, 6) is -0.828. The number of aliphatic carboxylic acids is 1. The number of aryl methyl sites for hydroxylation is 2. The first kappa shape index (κ1) is 14.9. The molecule has 6 nitrogen and oxygen atoms in total. The fourth-order valence-electron chi connectivity index (χ4n) is 1.70. The van der Waals surface area contributed by atoms with E-state index in [1.807, 2.05) is 0 Å². The molecule has 1 atom stereocenters. The normalized spacial score (nSPS) is 11.9. The number of nitrogens with one attached hydrogen (secondary N) is 1. The van der Waals surface area contributed by atoms with E-state index in [9.17, 15) is 9.59 Å². The van der Waals surface area contributed by atoms with Gasteiger partial charge in [-0.1, -0.05) is 11.2 Å². The molecule has 0 saturated heterocycles. The standard InChI is InChI=1S/C13H18N2O4/c1-4-5-6-11(13(17)18)14-12(16)7-10-8(2)15-19-9(10)3/h4,11H,1,5-7H2,2-3H3,(H,14,16)(H,17,18).